The van der Waals surface area contributed by atoms with E-state index in [0.717, 1.165) is 22.7 Å². The summed E-state index contributed by atoms with van der Waals surface area (Å²) in [5.74, 6) is 2.20. The van der Waals surface area contributed by atoms with E-state index in [4.69, 9.17) is 20.8 Å². The third-order valence-electron chi connectivity index (χ3n) is 2.98. The summed E-state index contributed by atoms with van der Waals surface area (Å²) < 4.78 is 10.8. The Hall–Kier alpha value is -1.68. The molecule has 1 aromatic heterocycles. The summed E-state index contributed by atoms with van der Waals surface area (Å²) in [4.78, 5) is 4.32. The maximum atomic E-state index is 6.07. The molecule has 1 heterocycles. The van der Waals surface area contributed by atoms with Gasteiger partial charge in [-0.1, -0.05) is 11.6 Å². The molecule has 0 radical (unpaired) electrons. The first-order valence-electron chi connectivity index (χ1n) is 6.02. The number of halogens is 1. The van der Waals surface area contributed by atoms with Crippen LogP contribution in [-0.4, -0.2) is 12.1 Å². The molecule has 2 rings (SSSR count). The molecule has 0 aliphatic heterocycles. The standard InChI is InChI=1S/C14H17ClN2O2/c1-8-5-12(13(18-4)6-11(8)15)16-7-14-17-9(2)10(3)19-14/h5-6,16H,7H2,1-4H3. The molecule has 0 unspecified atom stereocenters. The van der Waals surface area contributed by atoms with Crippen molar-refractivity contribution in [3.63, 3.8) is 0 Å². The first-order valence-corrected chi connectivity index (χ1v) is 6.40. The van der Waals surface area contributed by atoms with Gasteiger partial charge in [0.05, 0.1) is 25.0 Å². The van der Waals surface area contributed by atoms with E-state index in [9.17, 15) is 0 Å². The second kappa shape index (κ2) is 5.53. The zero-order valence-corrected chi connectivity index (χ0v) is 12.3. The Morgan fingerprint density at radius 2 is 2.05 bits per heavy atom. The van der Waals surface area contributed by atoms with Crippen LogP contribution in [-0.2, 0) is 6.54 Å². The third kappa shape index (κ3) is 3.01. The second-order valence-corrected chi connectivity index (χ2v) is 4.81. The SMILES string of the molecule is COc1cc(Cl)c(C)cc1NCc1nc(C)c(C)o1. The highest BCUT2D eigenvalue weighted by atomic mass is 35.5. The van der Waals surface area contributed by atoms with Crippen molar-refractivity contribution in [2.45, 2.75) is 27.3 Å². The number of oxazole rings is 1. The van der Waals surface area contributed by atoms with Gasteiger partial charge in [0, 0.05) is 11.1 Å². The Kier molecular flexibility index (Phi) is 4.00. The molecule has 0 bridgehead atoms. The van der Waals surface area contributed by atoms with Gasteiger partial charge in [0.15, 0.2) is 0 Å². The summed E-state index contributed by atoms with van der Waals surface area (Å²) in [6.45, 7) is 6.28. The smallest absolute Gasteiger partial charge is 0.213 e. The van der Waals surface area contributed by atoms with Gasteiger partial charge in [-0.3, -0.25) is 0 Å². The van der Waals surface area contributed by atoms with Gasteiger partial charge in [0.2, 0.25) is 5.89 Å². The second-order valence-electron chi connectivity index (χ2n) is 4.40. The number of aromatic nitrogens is 1. The van der Waals surface area contributed by atoms with E-state index in [2.05, 4.69) is 10.3 Å². The number of nitrogens with zero attached hydrogens (tertiary/aromatic N) is 1. The minimum absolute atomic E-state index is 0.506. The van der Waals surface area contributed by atoms with Crippen molar-refractivity contribution in [2.24, 2.45) is 0 Å². The number of hydrogen-bond donors (Lipinski definition) is 1. The topological polar surface area (TPSA) is 47.3 Å². The highest BCUT2D eigenvalue weighted by Gasteiger charge is 2.09. The molecule has 2 aromatic rings. The fraction of sp³-hybridized carbons (Fsp3) is 0.357. The molecule has 0 spiro atoms. The monoisotopic (exact) mass is 280 g/mol. The lowest BCUT2D eigenvalue weighted by Gasteiger charge is -2.11. The largest absolute Gasteiger partial charge is 0.495 e. The summed E-state index contributed by atoms with van der Waals surface area (Å²) in [7, 11) is 1.62. The predicted molar refractivity (Wildman–Crippen MR) is 76.0 cm³/mol. The first-order chi connectivity index (χ1) is 9.01. The molecule has 19 heavy (non-hydrogen) atoms. The molecule has 1 aromatic carbocycles. The minimum Gasteiger partial charge on any atom is -0.495 e. The number of rotatable bonds is 4. The number of ether oxygens (including phenoxy) is 1. The number of hydrogen-bond acceptors (Lipinski definition) is 4. The van der Waals surface area contributed by atoms with Crippen LogP contribution in [0.25, 0.3) is 0 Å². The van der Waals surface area contributed by atoms with E-state index in [1.54, 1.807) is 13.2 Å². The Morgan fingerprint density at radius 1 is 1.32 bits per heavy atom. The Labute approximate surface area is 117 Å². The third-order valence-corrected chi connectivity index (χ3v) is 3.39. The molecular weight excluding hydrogens is 264 g/mol. The molecule has 0 aliphatic rings. The van der Waals surface area contributed by atoms with Gasteiger partial charge in [-0.05, 0) is 32.4 Å². The van der Waals surface area contributed by atoms with Crippen LogP contribution in [0.15, 0.2) is 16.5 Å². The highest BCUT2D eigenvalue weighted by molar-refractivity contribution is 6.31. The van der Waals surface area contributed by atoms with E-state index in [1.807, 2.05) is 26.8 Å². The summed E-state index contributed by atoms with van der Waals surface area (Å²) in [6.07, 6.45) is 0. The van der Waals surface area contributed by atoms with Crippen LogP contribution in [0.2, 0.25) is 5.02 Å². The molecule has 4 nitrogen and oxygen atoms in total. The normalized spacial score (nSPS) is 10.6. The number of nitrogens with one attached hydrogen (secondary N) is 1. The van der Waals surface area contributed by atoms with Gasteiger partial charge in [0.1, 0.15) is 11.5 Å². The van der Waals surface area contributed by atoms with Gasteiger partial charge < -0.3 is 14.5 Å². The van der Waals surface area contributed by atoms with Crippen molar-refractivity contribution in [3.8, 4) is 5.75 Å². The summed E-state index contributed by atoms with van der Waals surface area (Å²) in [6, 6.07) is 3.75. The lowest BCUT2D eigenvalue weighted by atomic mass is 10.2. The summed E-state index contributed by atoms with van der Waals surface area (Å²) >= 11 is 6.07. The molecule has 0 aliphatic carbocycles. The summed E-state index contributed by atoms with van der Waals surface area (Å²) in [5.41, 5.74) is 2.78. The van der Waals surface area contributed by atoms with Crippen molar-refractivity contribution in [1.29, 1.82) is 0 Å². The lowest BCUT2D eigenvalue weighted by Crippen LogP contribution is -2.02. The van der Waals surface area contributed by atoms with E-state index in [0.29, 0.717) is 23.2 Å². The van der Waals surface area contributed by atoms with Crippen molar-refractivity contribution in [1.82, 2.24) is 4.98 Å². The maximum absolute atomic E-state index is 6.07. The van der Waals surface area contributed by atoms with Crippen LogP contribution in [0, 0.1) is 20.8 Å². The number of aryl methyl sites for hydroxylation is 3. The van der Waals surface area contributed by atoms with Crippen LogP contribution in [0.3, 0.4) is 0 Å². The molecule has 0 saturated carbocycles. The minimum atomic E-state index is 0.506. The molecule has 102 valence electrons. The van der Waals surface area contributed by atoms with E-state index < -0.39 is 0 Å². The molecule has 0 saturated heterocycles. The number of benzene rings is 1. The van der Waals surface area contributed by atoms with E-state index in [1.165, 1.54) is 0 Å². The van der Waals surface area contributed by atoms with Gasteiger partial charge in [-0.15, -0.1) is 0 Å². The van der Waals surface area contributed by atoms with Gasteiger partial charge in [-0.25, -0.2) is 4.98 Å². The fourth-order valence-corrected chi connectivity index (χ4v) is 1.91. The molecule has 0 amide bonds. The van der Waals surface area contributed by atoms with Gasteiger partial charge in [0.25, 0.3) is 0 Å². The fourth-order valence-electron chi connectivity index (χ4n) is 1.76. The van der Waals surface area contributed by atoms with Crippen LogP contribution in [0.1, 0.15) is 22.9 Å². The Morgan fingerprint density at radius 3 is 2.63 bits per heavy atom. The lowest BCUT2D eigenvalue weighted by molar-refractivity contribution is 0.416. The zero-order chi connectivity index (χ0) is 14.0. The van der Waals surface area contributed by atoms with E-state index in [-0.39, 0.29) is 0 Å². The molecular formula is C14H17ClN2O2. The Bertz CT molecular complexity index is 574. The molecule has 5 heteroatoms. The predicted octanol–water partition coefficient (Wildman–Crippen LogP) is 3.87. The molecule has 0 fully saturated rings. The first kappa shape index (κ1) is 13.7. The van der Waals surface area contributed by atoms with Crippen molar-refractivity contribution >= 4 is 17.3 Å². The van der Waals surface area contributed by atoms with Crippen LogP contribution >= 0.6 is 11.6 Å². The average molecular weight is 281 g/mol. The number of methoxy groups -OCH3 is 1. The van der Waals surface area contributed by atoms with Crippen LogP contribution < -0.4 is 10.1 Å². The van der Waals surface area contributed by atoms with Crippen molar-refractivity contribution in [2.75, 3.05) is 12.4 Å². The molecule has 0 atom stereocenters. The maximum Gasteiger partial charge on any atom is 0.213 e. The van der Waals surface area contributed by atoms with Crippen LogP contribution in [0.4, 0.5) is 5.69 Å². The van der Waals surface area contributed by atoms with Gasteiger partial charge >= 0.3 is 0 Å². The quantitative estimate of drug-likeness (QED) is 0.923. The highest BCUT2D eigenvalue weighted by Crippen LogP contribution is 2.31. The summed E-state index contributed by atoms with van der Waals surface area (Å²) in [5, 5.41) is 3.93. The van der Waals surface area contributed by atoms with Crippen LogP contribution in [0.5, 0.6) is 5.75 Å². The Balaban J connectivity index is 2.17. The van der Waals surface area contributed by atoms with E-state index >= 15 is 0 Å². The zero-order valence-electron chi connectivity index (χ0n) is 11.5. The van der Waals surface area contributed by atoms with Gasteiger partial charge in [-0.2, -0.15) is 0 Å². The van der Waals surface area contributed by atoms with Crippen molar-refractivity contribution in [3.05, 3.63) is 40.1 Å². The average Bonchev–Trinajstić information content (AvgIpc) is 2.69. The van der Waals surface area contributed by atoms with Crippen molar-refractivity contribution < 1.29 is 9.15 Å². The molecule has 1 N–H and O–H groups in total. The number of anilines is 1.